The van der Waals surface area contributed by atoms with Crippen molar-refractivity contribution in [2.45, 2.75) is 26.5 Å². The summed E-state index contributed by atoms with van der Waals surface area (Å²) in [4.78, 5) is 0. The van der Waals surface area contributed by atoms with Gasteiger partial charge in [-0.05, 0) is 53.0 Å². The molecule has 0 aliphatic rings. The Morgan fingerprint density at radius 1 is 1.32 bits per heavy atom. The zero-order valence-corrected chi connectivity index (χ0v) is 12.6. The van der Waals surface area contributed by atoms with Crippen LogP contribution in [0.25, 0.3) is 0 Å². The zero-order chi connectivity index (χ0) is 13.8. The van der Waals surface area contributed by atoms with Gasteiger partial charge in [0.15, 0.2) is 0 Å². The number of halogens is 1. The number of aliphatic hydroxyl groups excluding tert-OH is 1. The number of benzene rings is 1. The molecule has 0 aliphatic heterocycles. The zero-order valence-electron chi connectivity index (χ0n) is 11.0. The van der Waals surface area contributed by atoms with Crippen LogP contribution in [0.3, 0.4) is 0 Å². The van der Waals surface area contributed by atoms with E-state index < -0.39 is 6.10 Å². The number of ether oxygens (including phenoxy) is 1. The van der Waals surface area contributed by atoms with Crippen LogP contribution in [0.5, 0.6) is 5.75 Å². The Morgan fingerprint density at radius 3 is 2.58 bits per heavy atom. The summed E-state index contributed by atoms with van der Waals surface area (Å²) >= 11 is 3.32. The van der Waals surface area contributed by atoms with E-state index in [1.54, 1.807) is 10.9 Å². The molecule has 0 aliphatic carbocycles. The van der Waals surface area contributed by atoms with Crippen LogP contribution in [0, 0.1) is 13.8 Å². The van der Waals surface area contributed by atoms with Crippen LogP contribution in [0.1, 0.15) is 11.1 Å². The first-order valence-electron chi connectivity index (χ1n) is 6.10. The highest BCUT2D eigenvalue weighted by atomic mass is 79.9. The molecule has 0 saturated carbocycles. The van der Waals surface area contributed by atoms with Crippen molar-refractivity contribution in [2.75, 3.05) is 6.61 Å². The molecule has 0 radical (unpaired) electrons. The second-order valence-electron chi connectivity index (χ2n) is 4.67. The lowest BCUT2D eigenvalue weighted by Gasteiger charge is -2.13. The van der Waals surface area contributed by atoms with Crippen molar-refractivity contribution in [3.05, 3.63) is 46.2 Å². The number of hydrogen-bond donors (Lipinski definition) is 1. The number of aromatic nitrogens is 2. The molecule has 1 unspecified atom stereocenters. The van der Waals surface area contributed by atoms with Crippen LogP contribution < -0.4 is 4.74 Å². The summed E-state index contributed by atoms with van der Waals surface area (Å²) in [5, 5.41) is 14.0. The molecule has 0 bridgehead atoms. The van der Waals surface area contributed by atoms with E-state index >= 15 is 0 Å². The van der Waals surface area contributed by atoms with Gasteiger partial charge in [-0.15, -0.1) is 0 Å². The topological polar surface area (TPSA) is 47.3 Å². The Labute approximate surface area is 121 Å². The van der Waals surface area contributed by atoms with E-state index in [1.807, 2.05) is 32.2 Å². The van der Waals surface area contributed by atoms with E-state index in [4.69, 9.17) is 4.74 Å². The molecule has 1 N–H and O–H groups in total. The Morgan fingerprint density at radius 2 is 2.00 bits per heavy atom. The highest BCUT2D eigenvalue weighted by molar-refractivity contribution is 9.10. The Bertz CT molecular complexity index is 534. The monoisotopic (exact) mass is 324 g/mol. The van der Waals surface area contributed by atoms with Crippen molar-refractivity contribution < 1.29 is 9.84 Å². The predicted molar refractivity (Wildman–Crippen MR) is 77.3 cm³/mol. The fourth-order valence-corrected chi connectivity index (χ4v) is 2.24. The van der Waals surface area contributed by atoms with Gasteiger partial charge in [0, 0.05) is 6.20 Å². The number of nitrogens with zero attached hydrogens (tertiary/aromatic N) is 2. The van der Waals surface area contributed by atoms with Gasteiger partial charge >= 0.3 is 0 Å². The molecule has 0 fully saturated rings. The summed E-state index contributed by atoms with van der Waals surface area (Å²) in [7, 11) is 0. The van der Waals surface area contributed by atoms with Crippen LogP contribution in [0.4, 0.5) is 0 Å². The van der Waals surface area contributed by atoms with Crippen LogP contribution in [0.15, 0.2) is 35.1 Å². The summed E-state index contributed by atoms with van der Waals surface area (Å²) in [6.07, 6.45) is 2.92. The van der Waals surface area contributed by atoms with Crippen LogP contribution >= 0.6 is 15.9 Å². The lowest BCUT2D eigenvalue weighted by atomic mass is 10.1. The molecule has 102 valence electrons. The third kappa shape index (κ3) is 4.36. The number of aryl methyl sites for hydroxylation is 2. The molecule has 1 aromatic carbocycles. The van der Waals surface area contributed by atoms with E-state index in [-0.39, 0.29) is 6.61 Å². The summed E-state index contributed by atoms with van der Waals surface area (Å²) in [5.74, 6) is 0.790. The molecule has 1 aromatic heterocycles. The molecule has 19 heavy (non-hydrogen) atoms. The predicted octanol–water partition coefficient (Wildman–Crippen LogP) is 2.70. The second-order valence-corrected chi connectivity index (χ2v) is 5.58. The first-order chi connectivity index (χ1) is 9.02. The lowest BCUT2D eigenvalue weighted by molar-refractivity contribution is 0.0893. The van der Waals surface area contributed by atoms with Gasteiger partial charge in [-0.1, -0.05) is 6.07 Å². The van der Waals surface area contributed by atoms with E-state index in [9.17, 15) is 5.11 Å². The highest BCUT2D eigenvalue weighted by Crippen LogP contribution is 2.16. The quantitative estimate of drug-likeness (QED) is 0.919. The molecule has 2 aromatic rings. The van der Waals surface area contributed by atoms with E-state index in [0.717, 1.165) is 21.3 Å². The number of aliphatic hydroxyl groups is 1. The minimum absolute atomic E-state index is 0.250. The van der Waals surface area contributed by atoms with Gasteiger partial charge in [-0.25, -0.2) is 0 Å². The van der Waals surface area contributed by atoms with Crippen molar-refractivity contribution >= 4 is 15.9 Å². The van der Waals surface area contributed by atoms with Crippen LogP contribution in [-0.4, -0.2) is 27.6 Å². The molecule has 1 atom stereocenters. The molecular formula is C14H17BrN2O2. The summed E-state index contributed by atoms with van der Waals surface area (Å²) in [6, 6.07) is 6.01. The first kappa shape index (κ1) is 14.1. The second kappa shape index (κ2) is 6.21. The van der Waals surface area contributed by atoms with Gasteiger partial charge in [0.2, 0.25) is 0 Å². The molecule has 0 saturated heterocycles. The first-order valence-corrected chi connectivity index (χ1v) is 6.89. The average Bonchev–Trinajstić information content (AvgIpc) is 2.71. The maximum atomic E-state index is 9.91. The van der Waals surface area contributed by atoms with Crippen molar-refractivity contribution in [3.63, 3.8) is 0 Å². The van der Waals surface area contributed by atoms with Crippen LogP contribution in [-0.2, 0) is 6.54 Å². The van der Waals surface area contributed by atoms with Gasteiger partial charge in [0.25, 0.3) is 0 Å². The summed E-state index contributed by atoms with van der Waals surface area (Å²) in [5.41, 5.74) is 2.31. The third-order valence-electron chi connectivity index (χ3n) is 2.64. The molecule has 0 spiro atoms. The average molecular weight is 325 g/mol. The molecule has 0 amide bonds. The molecule has 2 rings (SSSR count). The number of rotatable bonds is 5. The highest BCUT2D eigenvalue weighted by Gasteiger charge is 2.08. The summed E-state index contributed by atoms with van der Waals surface area (Å²) in [6.45, 7) is 4.71. The molecule has 5 heteroatoms. The largest absolute Gasteiger partial charge is 0.491 e. The molecular weight excluding hydrogens is 308 g/mol. The standard InChI is InChI=1S/C14H17BrN2O2/c1-10-3-11(2)5-14(4-10)19-9-13(18)8-17-7-12(15)6-16-17/h3-7,13,18H,8-9H2,1-2H3. The Hall–Kier alpha value is -1.33. The molecule has 1 heterocycles. The smallest absolute Gasteiger partial charge is 0.119 e. The van der Waals surface area contributed by atoms with E-state index in [2.05, 4.69) is 27.1 Å². The maximum absolute atomic E-state index is 9.91. The minimum Gasteiger partial charge on any atom is -0.491 e. The SMILES string of the molecule is Cc1cc(C)cc(OCC(O)Cn2cc(Br)cn2)c1. The van der Waals surface area contributed by atoms with E-state index in [0.29, 0.717) is 6.54 Å². The normalized spacial score (nSPS) is 12.4. The van der Waals surface area contributed by atoms with Gasteiger partial charge in [0.1, 0.15) is 18.5 Å². The van der Waals surface area contributed by atoms with Crippen molar-refractivity contribution in [1.29, 1.82) is 0 Å². The third-order valence-corrected chi connectivity index (χ3v) is 3.05. The fraction of sp³-hybridized carbons (Fsp3) is 0.357. The van der Waals surface area contributed by atoms with Gasteiger partial charge in [0.05, 0.1) is 17.2 Å². The van der Waals surface area contributed by atoms with Gasteiger partial charge in [-0.3, -0.25) is 4.68 Å². The van der Waals surface area contributed by atoms with Crippen molar-refractivity contribution in [1.82, 2.24) is 9.78 Å². The van der Waals surface area contributed by atoms with Gasteiger partial charge in [-0.2, -0.15) is 5.10 Å². The summed E-state index contributed by atoms with van der Waals surface area (Å²) < 4.78 is 8.18. The Balaban J connectivity index is 1.87. The van der Waals surface area contributed by atoms with E-state index in [1.165, 1.54) is 0 Å². The Kier molecular flexibility index (Phi) is 4.61. The minimum atomic E-state index is -0.590. The molecule has 4 nitrogen and oxygen atoms in total. The van der Waals surface area contributed by atoms with Crippen molar-refractivity contribution in [3.8, 4) is 5.75 Å². The van der Waals surface area contributed by atoms with Crippen molar-refractivity contribution in [2.24, 2.45) is 0 Å². The fourth-order valence-electron chi connectivity index (χ4n) is 1.92. The van der Waals surface area contributed by atoms with Gasteiger partial charge < -0.3 is 9.84 Å². The lowest BCUT2D eigenvalue weighted by Crippen LogP contribution is -2.23. The van der Waals surface area contributed by atoms with Crippen LogP contribution in [0.2, 0.25) is 0 Å². The maximum Gasteiger partial charge on any atom is 0.119 e. The number of hydrogen-bond acceptors (Lipinski definition) is 3.